The first-order valence-corrected chi connectivity index (χ1v) is 12.1. The monoisotopic (exact) mass is 455 g/mol. The van der Waals surface area contributed by atoms with E-state index in [1.807, 2.05) is 18.2 Å². The Morgan fingerprint density at radius 3 is 2.73 bits per heavy atom. The first kappa shape index (κ1) is 24.9. The topological polar surface area (TPSA) is 110 Å². The van der Waals surface area contributed by atoms with E-state index in [0.29, 0.717) is 24.4 Å². The van der Waals surface area contributed by atoms with Crippen LogP contribution in [0.25, 0.3) is 10.9 Å². The third kappa shape index (κ3) is 7.39. The molecular weight excluding hydrogens is 418 g/mol. The van der Waals surface area contributed by atoms with Gasteiger partial charge >= 0.3 is 0 Å². The molecule has 0 spiro atoms. The van der Waals surface area contributed by atoms with Crippen LogP contribution in [0.2, 0.25) is 0 Å². The van der Waals surface area contributed by atoms with E-state index in [9.17, 15) is 9.59 Å². The van der Waals surface area contributed by atoms with Crippen LogP contribution in [0.15, 0.2) is 24.5 Å². The lowest BCUT2D eigenvalue weighted by atomic mass is 9.80. The highest BCUT2D eigenvalue weighted by Gasteiger charge is 2.31. The number of anilines is 1. The predicted molar refractivity (Wildman–Crippen MR) is 130 cm³/mol. The van der Waals surface area contributed by atoms with E-state index < -0.39 is 0 Å². The van der Waals surface area contributed by atoms with Gasteiger partial charge < -0.3 is 20.7 Å². The number of fused-ring (bicyclic) bond motifs is 1. The number of unbranched alkanes of at least 4 members (excludes halogenated alkanes) is 4. The van der Waals surface area contributed by atoms with Gasteiger partial charge in [-0.2, -0.15) is 0 Å². The molecule has 2 amide bonds. The van der Waals surface area contributed by atoms with Gasteiger partial charge in [-0.1, -0.05) is 32.6 Å². The van der Waals surface area contributed by atoms with E-state index in [-0.39, 0.29) is 23.7 Å². The Morgan fingerprint density at radius 1 is 1.15 bits per heavy atom. The van der Waals surface area contributed by atoms with Gasteiger partial charge in [-0.15, -0.1) is 0 Å². The third-order valence-corrected chi connectivity index (χ3v) is 6.56. The quantitative estimate of drug-likeness (QED) is 0.472. The molecule has 0 bridgehead atoms. The van der Waals surface area contributed by atoms with Crippen LogP contribution in [0, 0.1) is 11.8 Å². The van der Waals surface area contributed by atoms with E-state index >= 15 is 0 Å². The summed E-state index contributed by atoms with van der Waals surface area (Å²) >= 11 is 0. The number of nitrogens with two attached hydrogens (primary N) is 1. The molecule has 1 aliphatic heterocycles. The summed E-state index contributed by atoms with van der Waals surface area (Å²) in [7, 11) is 1.60. The van der Waals surface area contributed by atoms with E-state index in [4.69, 9.17) is 10.5 Å². The molecule has 1 aliphatic rings. The summed E-state index contributed by atoms with van der Waals surface area (Å²) in [5, 5.41) is 3.68. The molecule has 1 aromatic carbocycles. The lowest BCUT2D eigenvalue weighted by Gasteiger charge is -2.38. The van der Waals surface area contributed by atoms with E-state index in [1.165, 1.54) is 38.4 Å². The number of nitrogens with zero attached hydrogens (tertiary/aromatic N) is 3. The maximum absolute atomic E-state index is 12.9. The largest absolute Gasteiger partial charge is 0.497 e. The number of hydrogen-bond acceptors (Lipinski definition) is 6. The molecule has 1 aromatic heterocycles. The first-order chi connectivity index (χ1) is 16.0. The van der Waals surface area contributed by atoms with Crippen molar-refractivity contribution in [2.24, 2.45) is 17.6 Å². The van der Waals surface area contributed by atoms with Crippen LogP contribution in [-0.4, -0.2) is 53.4 Å². The second-order valence-electron chi connectivity index (χ2n) is 9.05. The van der Waals surface area contributed by atoms with Gasteiger partial charge in [0.25, 0.3) is 0 Å². The van der Waals surface area contributed by atoms with Crippen LogP contribution in [0.1, 0.15) is 58.3 Å². The SMILES string of the molecule is CCCCCCCN1CCC(CC(=O)Nc2ncnc3ccc(OC)cc23)C(CC(N)=O)C1. The lowest BCUT2D eigenvalue weighted by molar-refractivity contribution is -0.122. The molecule has 8 heteroatoms. The molecular formula is C25H37N5O3. The molecule has 1 fully saturated rings. The summed E-state index contributed by atoms with van der Waals surface area (Å²) < 4.78 is 5.30. The Labute approximate surface area is 196 Å². The minimum atomic E-state index is -0.302. The highest BCUT2D eigenvalue weighted by Crippen LogP contribution is 2.30. The third-order valence-electron chi connectivity index (χ3n) is 6.56. The van der Waals surface area contributed by atoms with Crippen molar-refractivity contribution in [2.45, 2.75) is 58.3 Å². The zero-order chi connectivity index (χ0) is 23.6. The number of hydrogen-bond donors (Lipinski definition) is 2. The zero-order valence-electron chi connectivity index (χ0n) is 19.9. The summed E-state index contributed by atoms with van der Waals surface area (Å²) in [6, 6.07) is 5.49. The fourth-order valence-electron chi connectivity index (χ4n) is 4.74. The molecule has 0 aliphatic carbocycles. The molecule has 2 aromatic rings. The van der Waals surface area contributed by atoms with Crippen LogP contribution >= 0.6 is 0 Å². The number of carbonyl (C=O) groups excluding carboxylic acids is 2. The first-order valence-electron chi connectivity index (χ1n) is 12.1. The van der Waals surface area contributed by atoms with Gasteiger partial charge in [-0.3, -0.25) is 9.59 Å². The van der Waals surface area contributed by atoms with Crippen molar-refractivity contribution in [3.8, 4) is 5.75 Å². The lowest BCUT2D eigenvalue weighted by Crippen LogP contribution is -2.43. The number of nitrogens with one attached hydrogen (secondary N) is 1. The van der Waals surface area contributed by atoms with Crippen molar-refractivity contribution in [1.82, 2.24) is 14.9 Å². The maximum atomic E-state index is 12.9. The Bertz CT molecular complexity index is 935. The number of benzene rings is 1. The summed E-state index contributed by atoms with van der Waals surface area (Å²) in [4.78, 5) is 35.6. The van der Waals surface area contributed by atoms with Gasteiger partial charge in [0.2, 0.25) is 11.8 Å². The smallest absolute Gasteiger partial charge is 0.225 e. The Morgan fingerprint density at radius 2 is 1.97 bits per heavy atom. The second kappa shape index (κ2) is 12.5. The van der Waals surface area contributed by atoms with Crippen LogP contribution in [0.3, 0.4) is 0 Å². The van der Waals surface area contributed by atoms with Gasteiger partial charge in [0, 0.05) is 24.8 Å². The average molecular weight is 456 g/mol. The Balaban J connectivity index is 1.60. The van der Waals surface area contributed by atoms with Gasteiger partial charge in [-0.25, -0.2) is 9.97 Å². The molecule has 0 radical (unpaired) electrons. The number of carbonyl (C=O) groups is 2. The molecule has 1 saturated heterocycles. The summed E-state index contributed by atoms with van der Waals surface area (Å²) in [6.45, 7) is 5.04. The number of rotatable bonds is 12. The molecule has 8 nitrogen and oxygen atoms in total. The molecule has 2 unspecified atom stereocenters. The molecule has 2 heterocycles. The van der Waals surface area contributed by atoms with Crippen LogP contribution in [0.4, 0.5) is 5.82 Å². The van der Waals surface area contributed by atoms with Crippen molar-refractivity contribution in [3.63, 3.8) is 0 Å². The van der Waals surface area contributed by atoms with Crippen molar-refractivity contribution < 1.29 is 14.3 Å². The van der Waals surface area contributed by atoms with Gasteiger partial charge in [-0.05, 0) is 56.0 Å². The van der Waals surface area contributed by atoms with Gasteiger partial charge in [0.15, 0.2) is 0 Å². The molecule has 2 atom stereocenters. The molecule has 180 valence electrons. The number of piperidine rings is 1. The number of primary amides is 1. The minimum Gasteiger partial charge on any atom is -0.497 e. The standard InChI is InChI=1S/C25H37N5O3/c1-3-4-5-6-7-11-30-12-10-18(19(16-30)13-23(26)31)14-24(32)29-25-21-15-20(33-2)8-9-22(21)27-17-28-25/h8-9,15,17-19H,3-7,10-14,16H2,1-2H3,(H2,26,31)(H,27,28,29,32). The van der Waals surface area contributed by atoms with E-state index in [1.54, 1.807) is 7.11 Å². The number of methoxy groups -OCH3 is 1. The normalized spacial score (nSPS) is 18.8. The summed E-state index contributed by atoms with van der Waals surface area (Å²) in [6.07, 6.45) is 9.23. The second-order valence-corrected chi connectivity index (χ2v) is 9.05. The summed E-state index contributed by atoms with van der Waals surface area (Å²) in [5.74, 6) is 0.960. The van der Waals surface area contributed by atoms with Crippen LogP contribution in [-0.2, 0) is 9.59 Å². The highest BCUT2D eigenvalue weighted by molar-refractivity contribution is 5.99. The molecule has 3 rings (SSSR count). The molecule has 3 N–H and O–H groups in total. The fourth-order valence-corrected chi connectivity index (χ4v) is 4.74. The van der Waals surface area contributed by atoms with E-state index in [2.05, 4.69) is 27.1 Å². The zero-order valence-corrected chi connectivity index (χ0v) is 19.9. The van der Waals surface area contributed by atoms with Crippen LogP contribution in [0.5, 0.6) is 5.75 Å². The fraction of sp³-hybridized carbons (Fsp3) is 0.600. The highest BCUT2D eigenvalue weighted by atomic mass is 16.5. The Hall–Kier alpha value is -2.74. The van der Waals surface area contributed by atoms with Crippen molar-refractivity contribution in [2.75, 3.05) is 32.1 Å². The van der Waals surface area contributed by atoms with Crippen LogP contribution < -0.4 is 15.8 Å². The van der Waals surface area contributed by atoms with Crippen molar-refractivity contribution in [1.29, 1.82) is 0 Å². The maximum Gasteiger partial charge on any atom is 0.225 e. The van der Waals surface area contributed by atoms with E-state index in [0.717, 1.165) is 37.0 Å². The van der Waals surface area contributed by atoms with Gasteiger partial charge in [0.1, 0.15) is 17.9 Å². The van der Waals surface area contributed by atoms with Crippen molar-refractivity contribution in [3.05, 3.63) is 24.5 Å². The summed E-state index contributed by atoms with van der Waals surface area (Å²) in [5.41, 5.74) is 6.28. The minimum absolute atomic E-state index is 0.0971. The van der Waals surface area contributed by atoms with Crippen molar-refractivity contribution >= 4 is 28.5 Å². The number of likely N-dealkylation sites (tertiary alicyclic amines) is 1. The molecule has 0 saturated carbocycles. The predicted octanol–water partition coefficient (Wildman–Crippen LogP) is 3.75. The number of aromatic nitrogens is 2. The number of amides is 2. The molecule has 33 heavy (non-hydrogen) atoms. The van der Waals surface area contributed by atoms with Gasteiger partial charge in [0.05, 0.1) is 12.6 Å². The average Bonchev–Trinajstić information content (AvgIpc) is 2.80. The Kier molecular flexibility index (Phi) is 9.42. The number of ether oxygens (including phenoxy) is 1.